The lowest BCUT2D eigenvalue weighted by Gasteiger charge is -2.21. The molecule has 1 aromatic carbocycles. The lowest BCUT2D eigenvalue weighted by Crippen LogP contribution is -2.24. The highest BCUT2D eigenvalue weighted by molar-refractivity contribution is 5.37. The van der Waals surface area contributed by atoms with Crippen LogP contribution in [0, 0.1) is 5.92 Å². The molecule has 0 amide bonds. The van der Waals surface area contributed by atoms with Crippen LogP contribution in [0.15, 0.2) is 24.3 Å². The molecule has 100 valence electrons. The van der Waals surface area contributed by atoms with E-state index in [1.807, 2.05) is 12.1 Å². The SMILES string of the molecule is CCCNC(c1ccccc1OC(F)F)C1CC1. The number of ether oxygens (including phenoxy) is 1. The third-order valence-corrected chi connectivity index (χ3v) is 3.18. The molecule has 1 saturated carbocycles. The van der Waals surface area contributed by atoms with Crippen LogP contribution in [-0.4, -0.2) is 13.2 Å². The van der Waals surface area contributed by atoms with E-state index in [1.165, 1.54) is 0 Å². The monoisotopic (exact) mass is 255 g/mol. The summed E-state index contributed by atoms with van der Waals surface area (Å²) in [5, 5.41) is 3.44. The fourth-order valence-electron chi connectivity index (χ4n) is 2.20. The fourth-order valence-corrected chi connectivity index (χ4v) is 2.20. The molecule has 1 aliphatic rings. The molecule has 1 atom stereocenters. The Morgan fingerprint density at radius 3 is 2.67 bits per heavy atom. The maximum absolute atomic E-state index is 12.4. The average Bonchev–Trinajstić information content (AvgIpc) is 3.15. The number of hydrogen-bond acceptors (Lipinski definition) is 2. The molecule has 0 aliphatic heterocycles. The van der Waals surface area contributed by atoms with Gasteiger partial charge in [0.2, 0.25) is 0 Å². The van der Waals surface area contributed by atoms with E-state index >= 15 is 0 Å². The van der Waals surface area contributed by atoms with Gasteiger partial charge in [-0.05, 0) is 37.8 Å². The highest BCUT2D eigenvalue weighted by atomic mass is 19.3. The number of para-hydroxylation sites is 1. The van der Waals surface area contributed by atoms with Gasteiger partial charge >= 0.3 is 6.61 Å². The van der Waals surface area contributed by atoms with Crippen LogP contribution in [0.4, 0.5) is 8.78 Å². The van der Waals surface area contributed by atoms with Gasteiger partial charge in [-0.1, -0.05) is 25.1 Å². The van der Waals surface area contributed by atoms with Gasteiger partial charge in [-0.2, -0.15) is 8.78 Å². The molecule has 1 aliphatic carbocycles. The van der Waals surface area contributed by atoms with Crippen LogP contribution in [0.2, 0.25) is 0 Å². The molecule has 0 aromatic heterocycles. The molecule has 0 saturated heterocycles. The molecule has 0 heterocycles. The Balaban J connectivity index is 2.17. The highest BCUT2D eigenvalue weighted by Gasteiger charge is 2.33. The van der Waals surface area contributed by atoms with E-state index < -0.39 is 6.61 Å². The van der Waals surface area contributed by atoms with E-state index in [1.54, 1.807) is 12.1 Å². The highest BCUT2D eigenvalue weighted by Crippen LogP contribution is 2.43. The second-order valence-corrected chi connectivity index (χ2v) is 4.69. The summed E-state index contributed by atoms with van der Waals surface area (Å²) in [6.07, 6.45) is 3.34. The average molecular weight is 255 g/mol. The Hall–Kier alpha value is -1.16. The van der Waals surface area contributed by atoms with Crippen LogP contribution >= 0.6 is 0 Å². The smallest absolute Gasteiger partial charge is 0.387 e. The summed E-state index contributed by atoms with van der Waals surface area (Å²) in [5.74, 6) is 0.854. The number of hydrogen-bond donors (Lipinski definition) is 1. The fraction of sp³-hybridized carbons (Fsp3) is 0.571. The molecule has 2 nitrogen and oxygen atoms in total. The minimum absolute atomic E-state index is 0.139. The van der Waals surface area contributed by atoms with E-state index in [4.69, 9.17) is 0 Å². The Labute approximate surface area is 106 Å². The predicted molar refractivity (Wildman–Crippen MR) is 66.8 cm³/mol. The van der Waals surface area contributed by atoms with Gasteiger partial charge in [0.25, 0.3) is 0 Å². The Bertz CT molecular complexity index is 380. The molecule has 1 aromatic rings. The van der Waals surface area contributed by atoms with Gasteiger partial charge in [0.05, 0.1) is 0 Å². The lowest BCUT2D eigenvalue weighted by atomic mass is 10.0. The van der Waals surface area contributed by atoms with Crippen molar-refractivity contribution in [2.45, 2.75) is 38.8 Å². The minimum atomic E-state index is -2.77. The quantitative estimate of drug-likeness (QED) is 0.801. The van der Waals surface area contributed by atoms with E-state index in [0.29, 0.717) is 11.7 Å². The molecule has 1 unspecified atom stereocenters. The molecule has 1 N–H and O–H groups in total. The van der Waals surface area contributed by atoms with Crippen LogP contribution in [-0.2, 0) is 0 Å². The predicted octanol–water partition coefficient (Wildman–Crippen LogP) is 3.74. The van der Waals surface area contributed by atoms with Crippen molar-refractivity contribution in [3.63, 3.8) is 0 Å². The summed E-state index contributed by atoms with van der Waals surface area (Å²) in [6, 6.07) is 7.23. The Kier molecular flexibility index (Phi) is 4.53. The van der Waals surface area contributed by atoms with Crippen LogP contribution in [0.1, 0.15) is 37.8 Å². The van der Waals surface area contributed by atoms with E-state index in [9.17, 15) is 8.78 Å². The second kappa shape index (κ2) is 6.14. The van der Waals surface area contributed by atoms with Crippen LogP contribution in [0.3, 0.4) is 0 Å². The number of nitrogens with one attached hydrogen (secondary N) is 1. The minimum Gasteiger partial charge on any atom is -0.434 e. The van der Waals surface area contributed by atoms with E-state index in [-0.39, 0.29) is 6.04 Å². The van der Waals surface area contributed by atoms with Gasteiger partial charge in [-0.3, -0.25) is 0 Å². The van der Waals surface area contributed by atoms with Gasteiger partial charge in [0.15, 0.2) is 0 Å². The first-order valence-electron chi connectivity index (χ1n) is 6.49. The second-order valence-electron chi connectivity index (χ2n) is 4.69. The first-order chi connectivity index (χ1) is 8.72. The zero-order chi connectivity index (χ0) is 13.0. The van der Waals surface area contributed by atoms with Crippen LogP contribution in [0.5, 0.6) is 5.75 Å². The summed E-state index contributed by atoms with van der Waals surface area (Å²) in [6.45, 7) is 0.222. The molecule has 1 fully saturated rings. The first kappa shape index (κ1) is 13.3. The van der Waals surface area contributed by atoms with Crippen LogP contribution in [0.25, 0.3) is 0 Å². The molecule has 0 bridgehead atoms. The van der Waals surface area contributed by atoms with Gasteiger partial charge in [-0.25, -0.2) is 0 Å². The molecule has 18 heavy (non-hydrogen) atoms. The van der Waals surface area contributed by atoms with Gasteiger partial charge in [-0.15, -0.1) is 0 Å². The van der Waals surface area contributed by atoms with Crippen molar-refractivity contribution in [2.75, 3.05) is 6.54 Å². The summed E-state index contributed by atoms with van der Waals surface area (Å²) >= 11 is 0. The maximum Gasteiger partial charge on any atom is 0.387 e. The topological polar surface area (TPSA) is 21.3 Å². The van der Waals surface area contributed by atoms with Crippen molar-refractivity contribution in [1.29, 1.82) is 0 Å². The van der Waals surface area contributed by atoms with Crippen LogP contribution < -0.4 is 10.1 Å². The number of benzene rings is 1. The molecule has 0 spiro atoms. The Morgan fingerprint density at radius 2 is 2.06 bits per heavy atom. The number of halogens is 2. The lowest BCUT2D eigenvalue weighted by molar-refractivity contribution is -0.0507. The molecular formula is C14H19F2NO. The number of alkyl halides is 2. The summed E-state index contributed by atoms with van der Waals surface area (Å²) in [4.78, 5) is 0. The molecule has 2 rings (SSSR count). The first-order valence-corrected chi connectivity index (χ1v) is 6.49. The van der Waals surface area contributed by atoms with Crippen molar-refractivity contribution in [3.8, 4) is 5.75 Å². The summed E-state index contributed by atoms with van der Waals surface area (Å²) in [5.41, 5.74) is 0.855. The zero-order valence-corrected chi connectivity index (χ0v) is 10.5. The van der Waals surface area contributed by atoms with E-state index in [2.05, 4.69) is 17.0 Å². The standard InChI is InChI=1S/C14H19F2NO/c1-2-9-17-13(10-7-8-10)11-5-3-4-6-12(11)18-14(15)16/h3-6,10,13-14,17H,2,7-9H2,1H3. The zero-order valence-electron chi connectivity index (χ0n) is 10.5. The normalized spacial score (nSPS) is 16.9. The molecule has 0 radical (unpaired) electrons. The molecular weight excluding hydrogens is 236 g/mol. The third-order valence-electron chi connectivity index (χ3n) is 3.18. The van der Waals surface area contributed by atoms with E-state index in [0.717, 1.165) is 31.4 Å². The largest absolute Gasteiger partial charge is 0.434 e. The molecule has 4 heteroatoms. The van der Waals surface area contributed by atoms with Crippen molar-refractivity contribution in [2.24, 2.45) is 5.92 Å². The van der Waals surface area contributed by atoms with Gasteiger partial charge in [0, 0.05) is 11.6 Å². The Morgan fingerprint density at radius 1 is 1.33 bits per heavy atom. The summed E-state index contributed by atoms with van der Waals surface area (Å²) < 4.78 is 29.4. The van der Waals surface area contributed by atoms with Crippen molar-refractivity contribution < 1.29 is 13.5 Å². The van der Waals surface area contributed by atoms with Crippen molar-refractivity contribution in [1.82, 2.24) is 5.32 Å². The van der Waals surface area contributed by atoms with Gasteiger partial charge in [0.1, 0.15) is 5.75 Å². The van der Waals surface area contributed by atoms with Crippen molar-refractivity contribution in [3.05, 3.63) is 29.8 Å². The van der Waals surface area contributed by atoms with Crippen molar-refractivity contribution >= 4 is 0 Å². The maximum atomic E-state index is 12.4. The number of rotatable bonds is 7. The summed E-state index contributed by atoms with van der Waals surface area (Å²) in [7, 11) is 0. The third kappa shape index (κ3) is 3.42. The van der Waals surface area contributed by atoms with Gasteiger partial charge < -0.3 is 10.1 Å².